The molecule has 7 nitrogen and oxygen atoms in total. The topological polar surface area (TPSA) is 88.8 Å². The van der Waals surface area contributed by atoms with Crippen LogP contribution in [-0.2, 0) is 14.9 Å². The molecule has 1 aromatic rings. The zero-order valence-electron chi connectivity index (χ0n) is 11.3. The minimum Gasteiger partial charge on any atom is -0.438 e. The number of amides is 1. The van der Waals surface area contributed by atoms with E-state index in [2.05, 4.69) is 5.48 Å². The Hall–Kier alpha value is -1.38. The normalized spacial score (nSPS) is 12.1. The average Bonchev–Trinajstić information content (AvgIpc) is 2.77. The lowest BCUT2D eigenvalue weighted by molar-refractivity contribution is 0.0185. The summed E-state index contributed by atoms with van der Waals surface area (Å²) in [5, 5.41) is -0.286. The minimum atomic E-state index is -3.68. The second kappa shape index (κ2) is 6.18. The van der Waals surface area contributed by atoms with Gasteiger partial charge in [-0.1, -0.05) is 13.8 Å². The summed E-state index contributed by atoms with van der Waals surface area (Å²) in [6, 6.07) is 2.51. The summed E-state index contributed by atoms with van der Waals surface area (Å²) in [4.78, 5) is 16.5. The Kier molecular flexibility index (Phi) is 5.10. The van der Waals surface area contributed by atoms with E-state index in [-0.39, 0.29) is 16.8 Å². The molecule has 1 aromatic heterocycles. The van der Waals surface area contributed by atoms with E-state index in [4.69, 9.17) is 9.25 Å². The average molecular weight is 290 g/mol. The van der Waals surface area contributed by atoms with Crippen molar-refractivity contribution >= 4 is 15.9 Å². The molecule has 0 aromatic carbocycles. The molecule has 108 valence electrons. The summed E-state index contributed by atoms with van der Waals surface area (Å²) in [6.45, 7) is 4.22. The van der Waals surface area contributed by atoms with Gasteiger partial charge in [0.2, 0.25) is 5.09 Å². The first-order valence-corrected chi connectivity index (χ1v) is 7.13. The Morgan fingerprint density at radius 3 is 2.58 bits per heavy atom. The molecular formula is C11H18N2O5S. The lowest BCUT2D eigenvalue weighted by Gasteiger charge is -2.08. The molecule has 0 aliphatic heterocycles. The maximum absolute atomic E-state index is 11.7. The van der Waals surface area contributed by atoms with Gasteiger partial charge in [0.1, 0.15) is 0 Å². The summed E-state index contributed by atoms with van der Waals surface area (Å²) < 4.78 is 29.5. The molecule has 0 fully saturated rings. The van der Waals surface area contributed by atoms with Gasteiger partial charge in [-0.25, -0.2) is 18.2 Å². The third-order valence-electron chi connectivity index (χ3n) is 2.12. The van der Waals surface area contributed by atoms with Crippen molar-refractivity contribution in [2.24, 2.45) is 5.92 Å². The van der Waals surface area contributed by atoms with E-state index in [0.717, 1.165) is 4.31 Å². The molecule has 1 N–H and O–H groups in total. The molecule has 0 aliphatic carbocycles. The fraction of sp³-hybridized carbons (Fsp3) is 0.545. The maximum atomic E-state index is 11.7. The highest BCUT2D eigenvalue weighted by Crippen LogP contribution is 2.16. The van der Waals surface area contributed by atoms with Crippen LogP contribution >= 0.6 is 0 Å². The van der Waals surface area contributed by atoms with Crippen LogP contribution in [0.4, 0.5) is 0 Å². The molecular weight excluding hydrogens is 272 g/mol. The van der Waals surface area contributed by atoms with E-state index < -0.39 is 15.9 Å². The first-order valence-electron chi connectivity index (χ1n) is 5.69. The van der Waals surface area contributed by atoms with Gasteiger partial charge in [-0.15, -0.1) is 0 Å². The molecule has 0 saturated heterocycles. The van der Waals surface area contributed by atoms with Gasteiger partial charge in [0.05, 0.1) is 6.61 Å². The van der Waals surface area contributed by atoms with Crippen molar-refractivity contribution in [1.82, 2.24) is 9.79 Å². The number of nitrogens with one attached hydrogen (secondary N) is 1. The van der Waals surface area contributed by atoms with Gasteiger partial charge in [0.15, 0.2) is 5.76 Å². The molecule has 0 spiro atoms. The Bertz CT molecular complexity index is 533. The van der Waals surface area contributed by atoms with Crippen molar-refractivity contribution < 1.29 is 22.5 Å². The van der Waals surface area contributed by atoms with Crippen LogP contribution in [0, 0.1) is 5.92 Å². The standard InChI is InChI=1S/C11H18N2O5S/c1-8(2)7-17-12-11(14)9-5-6-10(18-9)19(15,16)13(3)4/h5-6,8H,7H2,1-4H3,(H,12,14). The number of carbonyl (C=O) groups is 1. The molecule has 0 radical (unpaired) electrons. The van der Waals surface area contributed by atoms with E-state index in [1.54, 1.807) is 0 Å². The van der Waals surface area contributed by atoms with Crippen molar-refractivity contribution in [2.75, 3.05) is 20.7 Å². The van der Waals surface area contributed by atoms with E-state index in [0.29, 0.717) is 6.61 Å². The smallest absolute Gasteiger partial charge is 0.310 e. The van der Waals surface area contributed by atoms with Crippen molar-refractivity contribution in [2.45, 2.75) is 18.9 Å². The second-order valence-corrected chi connectivity index (χ2v) is 6.62. The summed E-state index contributed by atoms with van der Waals surface area (Å²) in [6.07, 6.45) is 0. The van der Waals surface area contributed by atoms with Crippen LogP contribution < -0.4 is 5.48 Å². The van der Waals surface area contributed by atoms with Crippen molar-refractivity contribution in [1.29, 1.82) is 0 Å². The van der Waals surface area contributed by atoms with Gasteiger partial charge in [0.25, 0.3) is 10.0 Å². The molecule has 1 rings (SSSR count). The van der Waals surface area contributed by atoms with Crippen molar-refractivity contribution in [3.63, 3.8) is 0 Å². The quantitative estimate of drug-likeness (QED) is 0.784. The number of furan rings is 1. The first kappa shape index (κ1) is 15.7. The molecule has 0 bridgehead atoms. The predicted octanol–water partition coefficient (Wildman–Crippen LogP) is 0.847. The van der Waals surface area contributed by atoms with Gasteiger partial charge in [-0.05, 0) is 18.1 Å². The number of sulfonamides is 1. The molecule has 8 heteroatoms. The van der Waals surface area contributed by atoms with E-state index >= 15 is 0 Å². The van der Waals surface area contributed by atoms with Crippen molar-refractivity contribution in [3.05, 3.63) is 17.9 Å². The Labute approximate surface area is 112 Å². The molecule has 0 unspecified atom stereocenters. The van der Waals surface area contributed by atoms with Crippen LogP contribution in [0.1, 0.15) is 24.4 Å². The Balaban J connectivity index is 2.72. The number of carbonyl (C=O) groups excluding carboxylic acids is 1. The minimum absolute atomic E-state index is 0.121. The summed E-state index contributed by atoms with van der Waals surface area (Å²) in [5.74, 6) is -0.480. The lowest BCUT2D eigenvalue weighted by atomic mass is 10.2. The Morgan fingerprint density at radius 2 is 2.05 bits per heavy atom. The molecule has 1 amide bonds. The van der Waals surface area contributed by atoms with Crippen LogP contribution in [0.3, 0.4) is 0 Å². The van der Waals surface area contributed by atoms with E-state index in [1.807, 2.05) is 13.8 Å². The summed E-state index contributed by atoms with van der Waals surface area (Å²) >= 11 is 0. The highest BCUT2D eigenvalue weighted by Gasteiger charge is 2.23. The zero-order valence-corrected chi connectivity index (χ0v) is 12.2. The fourth-order valence-electron chi connectivity index (χ4n) is 1.08. The highest BCUT2D eigenvalue weighted by atomic mass is 32.2. The largest absolute Gasteiger partial charge is 0.438 e. The van der Waals surface area contributed by atoms with Crippen LogP contribution in [0.5, 0.6) is 0 Å². The molecule has 0 saturated carbocycles. The fourth-order valence-corrected chi connectivity index (χ4v) is 1.88. The predicted molar refractivity (Wildman–Crippen MR) is 67.8 cm³/mol. The van der Waals surface area contributed by atoms with Gasteiger partial charge in [-0.3, -0.25) is 9.63 Å². The van der Waals surface area contributed by atoms with Crippen LogP contribution in [-0.4, -0.2) is 39.3 Å². The van der Waals surface area contributed by atoms with Crippen LogP contribution in [0.2, 0.25) is 0 Å². The summed E-state index contributed by atoms with van der Waals surface area (Å²) in [7, 11) is -0.921. The van der Waals surface area contributed by atoms with Crippen LogP contribution in [0.25, 0.3) is 0 Å². The maximum Gasteiger partial charge on any atom is 0.310 e. The van der Waals surface area contributed by atoms with Gasteiger partial charge < -0.3 is 4.42 Å². The van der Waals surface area contributed by atoms with Gasteiger partial charge >= 0.3 is 5.91 Å². The van der Waals surface area contributed by atoms with E-state index in [9.17, 15) is 13.2 Å². The number of rotatable bonds is 6. The van der Waals surface area contributed by atoms with Crippen LogP contribution in [0.15, 0.2) is 21.6 Å². The highest BCUT2D eigenvalue weighted by molar-refractivity contribution is 7.88. The molecule has 19 heavy (non-hydrogen) atoms. The molecule has 0 atom stereocenters. The molecule has 0 aliphatic rings. The first-order chi connectivity index (χ1) is 8.75. The number of hydrogen-bond donors (Lipinski definition) is 1. The lowest BCUT2D eigenvalue weighted by Crippen LogP contribution is -2.25. The van der Waals surface area contributed by atoms with E-state index in [1.165, 1.54) is 26.2 Å². The summed E-state index contributed by atoms with van der Waals surface area (Å²) in [5.41, 5.74) is 2.18. The Morgan fingerprint density at radius 1 is 1.42 bits per heavy atom. The SMILES string of the molecule is CC(C)CONC(=O)c1ccc(S(=O)(=O)N(C)C)o1. The second-order valence-electron chi connectivity index (χ2n) is 4.54. The van der Waals surface area contributed by atoms with Gasteiger partial charge in [0, 0.05) is 14.1 Å². The zero-order chi connectivity index (χ0) is 14.6. The third-order valence-corrected chi connectivity index (χ3v) is 3.81. The third kappa shape index (κ3) is 4.05. The number of hydroxylamine groups is 1. The monoisotopic (exact) mass is 290 g/mol. The number of nitrogens with zero attached hydrogens (tertiary/aromatic N) is 1. The van der Waals surface area contributed by atoms with Gasteiger partial charge in [-0.2, -0.15) is 0 Å². The molecule has 1 heterocycles. The number of hydrogen-bond acceptors (Lipinski definition) is 5. The van der Waals surface area contributed by atoms with Crippen molar-refractivity contribution in [3.8, 4) is 0 Å².